The molecule has 0 unspecified atom stereocenters. The Hall–Kier alpha value is 1.39. The molecule has 0 amide bonds. The first-order chi connectivity index (χ1) is 7.15. The zero-order chi connectivity index (χ0) is 12.7. The third-order valence-corrected chi connectivity index (χ3v) is 4.02. The Morgan fingerprint density at radius 3 is 1.41 bits per heavy atom. The summed E-state index contributed by atoms with van der Waals surface area (Å²) in [5.41, 5.74) is 0. The topological polar surface area (TPSA) is 72.4 Å². The Morgan fingerprint density at radius 1 is 0.824 bits per heavy atom. The molecule has 90 valence electrons. The van der Waals surface area contributed by atoms with Gasteiger partial charge in [0.15, 0.2) is 5.75 Å². The molecule has 0 aliphatic rings. The van der Waals surface area contributed by atoms with Crippen molar-refractivity contribution >= 4 is 88.9 Å². The molecule has 1 aromatic rings. The van der Waals surface area contributed by atoms with Crippen molar-refractivity contribution in [2.24, 2.45) is 0 Å². The average Bonchev–Trinajstić information content (AvgIpc) is 2.17. The van der Waals surface area contributed by atoms with Crippen molar-refractivity contribution < 1.29 is 18.9 Å². The van der Waals surface area contributed by atoms with Crippen LogP contribution in [-0.4, -0.2) is 23.1 Å². The van der Waals surface area contributed by atoms with Gasteiger partial charge in [0, 0.05) is 0 Å². The Morgan fingerprint density at radius 2 is 1.12 bits per heavy atom. The molecule has 0 saturated carbocycles. The molecular weight excluding hydrogens is 369 g/mol. The van der Waals surface area contributed by atoms with E-state index in [1.807, 2.05) is 0 Å². The molecule has 4 nitrogen and oxygen atoms in total. The molecule has 0 aliphatic carbocycles. The van der Waals surface area contributed by atoms with Crippen molar-refractivity contribution in [3.8, 4) is 5.75 Å². The van der Waals surface area contributed by atoms with E-state index in [2.05, 4.69) is 4.52 Å². The molecule has 0 heterocycles. The molecule has 0 spiro atoms. The molecule has 0 aliphatic heterocycles. The standard InChI is InChI=1S/C6H2Cl5O4P.Mg/c7-1-2(8)4(10)6(5(11)3(1)9)15-16(12,13)14;/h(H2,12,13,14);/q;+2/p-2. The first kappa shape index (κ1) is 18.4. The van der Waals surface area contributed by atoms with Crippen LogP contribution in [-0.2, 0) is 4.57 Å². The summed E-state index contributed by atoms with van der Waals surface area (Å²) < 4.78 is 14.5. The summed E-state index contributed by atoms with van der Waals surface area (Å²) in [5.74, 6) is -0.643. The molecule has 17 heavy (non-hydrogen) atoms. The summed E-state index contributed by atoms with van der Waals surface area (Å²) in [6.45, 7) is 0. The van der Waals surface area contributed by atoms with Crippen LogP contribution in [0.25, 0.3) is 0 Å². The molecule has 11 heteroatoms. The molecule has 0 saturated heterocycles. The maximum atomic E-state index is 10.4. The van der Waals surface area contributed by atoms with Gasteiger partial charge in [-0.2, -0.15) is 0 Å². The number of hydrogen-bond donors (Lipinski definition) is 0. The van der Waals surface area contributed by atoms with Crippen LogP contribution in [0.15, 0.2) is 0 Å². The SMILES string of the molecule is O=P([O-])([O-])Oc1c(Cl)c(Cl)c(Cl)c(Cl)c1Cl.[Mg+2]. The molecule has 0 aromatic heterocycles. The second-order valence-corrected chi connectivity index (χ2v) is 5.40. The minimum absolute atomic E-state index is 0. The number of phosphoric ester groups is 1. The van der Waals surface area contributed by atoms with Crippen LogP contribution in [0.3, 0.4) is 0 Å². The van der Waals surface area contributed by atoms with Crippen LogP contribution >= 0.6 is 65.8 Å². The summed E-state index contributed by atoms with van der Waals surface area (Å²) in [7, 11) is -5.33. The van der Waals surface area contributed by atoms with Gasteiger partial charge in [0.1, 0.15) is 17.9 Å². The molecule has 0 bridgehead atoms. The molecule has 0 atom stereocenters. The van der Waals surface area contributed by atoms with Crippen molar-refractivity contribution in [1.82, 2.24) is 0 Å². The third-order valence-electron chi connectivity index (χ3n) is 1.37. The third kappa shape index (κ3) is 4.46. The van der Waals surface area contributed by atoms with Crippen LogP contribution in [0.2, 0.25) is 25.1 Å². The number of benzene rings is 1. The largest absolute Gasteiger partial charge is 2.00 e. The Bertz CT molecular complexity index is 461. The van der Waals surface area contributed by atoms with Gasteiger partial charge < -0.3 is 18.9 Å². The van der Waals surface area contributed by atoms with Crippen LogP contribution < -0.4 is 14.3 Å². The van der Waals surface area contributed by atoms with Crippen LogP contribution in [0.5, 0.6) is 5.75 Å². The van der Waals surface area contributed by atoms with E-state index in [1.165, 1.54) is 0 Å². The molecule has 0 radical (unpaired) electrons. The summed E-state index contributed by atoms with van der Waals surface area (Å²) in [5, 5.41) is -1.51. The van der Waals surface area contributed by atoms with Gasteiger partial charge in [0.2, 0.25) is 0 Å². The fourth-order valence-corrected chi connectivity index (χ4v) is 2.49. The van der Waals surface area contributed by atoms with Crippen LogP contribution in [0.1, 0.15) is 0 Å². The van der Waals surface area contributed by atoms with E-state index in [9.17, 15) is 14.4 Å². The zero-order valence-electron chi connectivity index (χ0n) is 7.68. The minimum Gasteiger partial charge on any atom is -0.780 e. The Labute approximate surface area is 137 Å². The maximum Gasteiger partial charge on any atom is 2.00 e. The van der Waals surface area contributed by atoms with Crippen molar-refractivity contribution in [2.45, 2.75) is 0 Å². The number of phosphoric acid groups is 1. The predicted molar refractivity (Wildman–Crippen MR) is 65.5 cm³/mol. The number of rotatable bonds is 2. The van der Waals surface area contributed by atoms with Gasteiger partial charge in [-0.15, -0.1) is 0 Å². The van der Waals surface area contributed by atoms with Gasteiger partial charge >= 0.3 is 23.1 Å². The van der Waals surface area contributed by atoms with E-state index < -0.39 is 23.6 Å². The fourth-order valence-electron chi connectivity index (χ4n) is 0.777. The van der Waals surface area contributed by atoms with Crippen molar-refractivity contribution in [2.75, 3.05) is 0 Å². The predicted octanol–water partition coefficient (Wildman–Crippen LogP) is 2.78. The molecule has 0 fully saturated rings. The quantitative estimate of drug-likeness (QED) is 0.348. The number of hydrogen-bond acceptors (Lipinski definition) is 4. The molecular formula is C6Cl5MgO4P. The summed E-state index contributed by atoms with van der Waals surface area (Å²) in [6, 6.07) is 0. The Balaban J connectivity index is 0.00000256. The number of halogens is 5. The summed E-state index contributed by atoms with van der Waals surface area (Å²) in [6.07, 6.45) is 0. The summed E-state index contributed by atoms with van der Waals surface area (Å²) in [4.78, 5) is 20.9. The molecule has 0 N–H and O–H groups in total. The van der Waals surface area contributed by atoms with E-state index in [1.54, 1.807) is 0 Å². The monoisotopic (exact) mass is 366 g/mol. The minimum atomic E-state index is -5.33. The van der Waals surface area contributed by atoms with Crippen molar-refractivity contribution in [1.29, 1.82) is 0 Å². The van der Waals surface area contributed by atoms with Gasteiger partial charge in [0.05, 0.1) is 15.1 Å². The smallest absolute Gasteiger partial charge is 0.780 e. The van der Waals surface area contributed by atoms with E-state index >= 15 is 0 Å². The second-order valence-electron chi connectivity index (χ2n) is 2.44. The van der Waals surface area contributed by atoms with Crippen molar-refractivity contribution in [3.05, 3.63) is 25.1 Å². The maximum absolute atomic E-state index is 10.4. The van der Waals surface area contributed by atoms with Gasteiger partial charge in [0.25, 0.3) is 0 Å². The Kier molecular flexibility index (Phi) is 7.25. The van der Waals surface area contributed by atoms with Crippen LogP contribution in [0.4, 0.5) is 0 Å². The van der Waals surface area contributed by atoms with Crippen molar-refractivity contribution in [3.63, 3.8) is 0 Å². The normalized spacial score (nSPS) is 11.0. The second kappa shape index (κ2) is 6.71. The van der Waals surface area contributed by atoms with E-state index in [-0.39, 0.29) is 38.1 Å². The fraction of sp³-hybridized carbons (Fsp3) is 0. The summed E-state index contributed by atoms with van der Waals surface area (Å²) >= 11 is 28.0. The van der Waals surface area contributed by atoms with Crippen LogP contribution in [0, 0.1) is 0 Å². The first-order valence-corrected chi connectivity index (χ1v) is 6.73. The first-order valence-electron chi connectivity index (χ1n) is 3.38. The average molecular weight is 369 g/mol. The van der Waals surface area contributed by atoms with Gasteiger partial charge in [-0.1, -0.05) is 58.0 Å². The van der Waals surface area contributed by atoms with E-state index in [0.717, 1.165) is 0 Å². The van der Waals surface area contributed by atoms with Gasteiger partial charge in [-0.3, -0.25) is 0 Å². The van der Waals surface area contributed by atoms with Gasteiger partial charge in [-0.25, -0.2) is 0 Å². The molecule has 1 rings (SSSR count). The zero-order valence-corrected chi connectivity index (χ0v) is 13.8. The van der Waals surface area contributed by atoms with E-state index in [0.29, 0.717) is 0 Å². The van der Waals surface area contributed by atoms with E-state index in [4.69, 9.17) is 58.0 Å². The van der Waals surface area contributed by atoms with Gasteiger partial charge in [-0.05, 0) is 0 Å². The molecule has 1 aromatic carbocycles.